The minimum absolute atomic E-state index is 0.591. The molecule has 0 fully saturated rings. The molecule has 1 nitrogen and oxygen atoms in total. The summed E-state index contributed by atoms with van der Waals surface area (Å²) in [7, 11) is 0. The van der Waals surface area contributed by atoms with Gasteiger partial charge in [-0.1, -0.05) is 39.7 Å². The molecule has 1 rings (SSSR count). The number of halogens is 2. The zero-order valence-corrected chi connectivity index (χ0v) is 9.88. The molecule has 1 aromatic carbocycles. The lowest BCUT2D eigenvalue weighted by molar-refractivity contribution is 0.112. The molecular formula is C11H10BrClO. The molecule has 0 amide bonds. The Morgan fingerprint density at radius 3 is 2.64 bits per heavy atom. The Morgan fingerprint density at radius 1 is 1.29 bits per heavy atom. The van der Waals surface area contributed by atoms with Crippen LogP contribution in [0.25, 0.3) is 6.08 Å². The van der Waals surface area contributed by atoms with Crippen molar-refractivity contribution in [2.45, 2.75) is 6.42 Å². The zero-order chi connectivity index (χ0) is 10.4. The van der Waals surface area contributed by atoms with Crippen LogP contribution in [0.1, 0.15) is 22.3 Å². The van der Waals surface area contributed by atoms with E-state index in [0.29, 0.717) is 10.6 Å². The van der Waals surface area contributed by atoms with Crippen molar-refractivity contribution in [3.05, 3.63) is 40.4 Å². The third kappa shape index (κ3) is 3.64. The summed E-state index contributed by atoms with van der Waals surface area (Å²) < 4.78 is 0. The lowest BCUT2D eigenvalue weighted by Gasteiger charge is -1.97. The highest BCUT2D eigenvalue weighted by atomic mass is 79.9. The Labute approximate surface area is 96.9 Å². The van der Waals surface area contributed by atoms with Crippen LogP contribution < -0.4 is 0 Å². The monoisotopic (exact) mass is 272 g/mol. The molecule has 0 aliphatic heterocycles. The Balaban J connectivity index is 2.86. The second kappa shape index (κ2) is 5.99. The van der Waals surface area contributed by atoms with E-state index in [1.54, 1.807) is 6.07 Å². The Hall–Kier alpha value is -0.600. The van der Waals surface area contributed by atoms with Crippen molar-refractivity contribution in [3.63, 3.8) is 0 Å². The number of allylic oxidation sites excluding steroid dienone is 1. The Kier molecular flexibility index (Phi) is 4.91. The van der Waals surface area contributed by atoms with E-state index in [2.05, 4.69) is 15.9 Å². The number of rotatable bonds is 4. The molecule has 0 atom stereocenters. The van der Waals surface area contributed by atoms with E-state index in [9.17, 15) is 4.79 Å². The average molecular weight is 274 g/mol. The third-order valence-corrected chi connectivity index (χ3v) is 2.34. The van der Waals surface area contributed by atoms with Gasteiger partial charge in [0.15, 0.2) is 0 Å². The van der Waals surface area contributed by atoms with Gasteiger partial charge in [-0.3, -0.25) is 4.79 Å². The van der Waals surface area contributed by atoms with Crippen molar-refractivity contribution in [2.75, 3.05) is 5.33 Å². The molecule has 0 saturated heterocycles. The van der Waals surface area contributed by atoms with E-state index in [1.807, 2.05) is 24.3 Å². The molecule has 0 unspecified atom stereocenters. The van der Waals surface area contributed by atoms with Gasteiger partial charge < -0.3 is 0 Å². The minimum Gasteiger partial charge on any atom is -0.298 e. The predicted octanol–water partition coefficient (Wildman–Crippen LogP) is 3.95. The summed E-state index contributed by atoms with van der Waals surface area (Å²) in [5.74, 6) is 0. The summed E-state index contributed by atoms with van der Waals surface area (Å²) in [4.78, 5) is 10.6. The van der Waals surface area contributed by atoms with Gasteiger partial charge in [-0.2, -0.15) is 0 Å². The van der Waals surface area contributed by atoms with Crippen LogP contribution >= 0.6 is 27.5 Å². The second-order valence-electron chi connectivity index (χ2n) is 2.82. The lowest BCUT2D eigenvalue weighted by Crippen LogP contribution is -1.81. The number of benzene rings is 1. The zero-order valence-electron chi connectivity index (χ0n) is 7.54. The Morgan fingerprint density at radius 2 is 2.00 bits per heavy atom. The van der Waals surface area contributed by atoms with Crippen molar-refractivity contribution < 1.29 is 4.79 Å². The maximum atomic E-state index is 10.6. The van der Waals surface area contributed by atoms with E-state index < -0.39 is 0 Å². The van der Waals surface area contributed by atoms with Crippen molar-refractivity contribution >= 4 is 39.9 Å². The molecule has 74 valence electrons. The van der Waals surface area contributed by atoms with Gasteiger partial charge in [0, 0.05) is 15.9 Å². The lowest BCUT2D eigenvalue weighted by atomic mass is 10.1. The maximum Gasteiger partial charge on any atom is 0.150 e. The van der Waals surface area contributed by atoms with Gasteiger partial charge in [0.1, 0.15) is 6.29 Å². The van der Waals surface area contributed by atoms with Crippen molar-refractivity contribution in [2.24, 2.45) is 0 Å². The number of carbonyl (C=O) groups excluding carboxylic acids is 1. The first-order valence-corrected chi connectivity index (χ1v) is 5.74. The van der Waals surface area contributed by atoms with Gasteiger partial charge in [0.2, 0.25) is 0 Å². The molecule has 0 heterocycles. The van der Waals surface area contributed by atoms with Crippen LogP contribution in [-0.2, 0) is 0 Å². The summed E-state index contributed by atoms with van der Waals surface area (Å²) in [6.45, 7) is 0. The van der Waals surface area contributed by atoms with Crippen LogP contribution in [0.3, 0.4) is 0 Å². The van der Waals surface area contributed by atoms with Crippen LogP contribution in [0.5, 0.6) is 0 Å². The standard InChI is InChI=1S/C11H10BrClO/c12-4-2-1-3-9-5-10(8-14)7-11(13)6-9/h1,3,5-8H,2,4H2. The fourth-order valence-electron chi connectivity index (χ4n) is 1.08. The van der Waals surface area contributed by atoms with Gasteiger partial charge in [-0.15, -0.1) is 0 Å². The summed E-state index contributed by atoms with van der Waals surface area (Å²) in [6.07, 6.45) is 5.76. The number of carbonyl (C=O) groups is 1. The van der Waals surface area contributed by atoms with Crippen LogP contribution in [0, 0.1) is 0 Å². The molecule has 1 aromatic rings. The molecular weight excluding hydrogens is 263 g/mol. The van der Waals surface area contributed by atoms with E-state index in [4.69, 9.17) is 11.6 Å². The average Bonchev–Trinajstić information content (AvgIpc) is 2.17. The first kappa shape index (κ1) is 11.5. The van der Waals surface area contributed by atoms with Gasteiger partial charge in [-0.05, 0) is 30.2 Å². The van der Waals surface area contributed by atoms with Crippen LogP contribution in [-0.4, -0.2) is 11.6 Å². The Bertz CT molecular complexity index is 347. The van der Waals surface area contributed by atoms with Crippen molar-refractivity contribution in [1.82, 2.24) is 0 Å². The molecule has 0 bridgehead atoms. The molecule has 14 heavy (non-hydrogen) atoms. The fraction of sp³-hybridized carbons (Fsp3) is 0.182. The number of aldehydes is 1. The summed E-state index contributed by atoms with van der Waals surface area (Å²) in [5.41, 5.74) is 1.57. The third-order valence-electron chi connectivity index (χ3n) is 1.66. The van der Waals surface area contributed by atoms with Gasteiger partial charge >= 0.3 is 0 Å². The number of hydrogen-bond acceptors (Lipinski definition) is 1. The van der Waals surface area contributed by atoms with Gasteiger partial charge in [0.05, 0.1) is 0 Å². The normalized spacial score (nSPS) is 10.7. The molecule has 3 heteroatoms. The molecule has 0 radical (unpaired) electrons. The second-order valence-corrected chi connectivity index (χ2v) is 4.05. The van der Waals surface area contributed by atoms with Gasteiger partial charge in [0.25, 0.3) is 0 Å². The molecule has 0 aliphatic carbocycles. The fourth-order valence-corrected chi connectivity index (χ4v) is 1.60. The highest BCUT2D eigenvalue weighted by Crippen LogP contribution is 2.15. The SMILES string of the molecule is O=Cc1cc(Cl)cc(C=CCCBr)c1. The molecule has 0 spiro atoms. The van der Waals surface area contributed by atoms with E-state index in [-0.39, 0.29) is 0 Å². The number of hydrogen-bond donors (Lipinski definition) is 0. The van der Waals surface area contributed by atoms with E-state index in [0.717, 1.165) is 23.6 Å². The predicted molar refractivity (Wildman–Crippen MR) is 64.3 cm³/mol. The first-order valence-electron chi connectivity index (χ1n) is 4.24. The highest BCUT2D eigenvalue weighted by Gasteiger charge is 1.95. The van der Waals surface area contributed by atoms with E-state index >= 15 is 0 Å². The molecule has 0 aromatic heterocycles. The number of alkyl halides is 1. The van der Waals surface area contributed by atoms with Crippen molar-refractivity contribution in [1.29, 1.82) is 0 Å². The van der Waals surface area contributed by atoms with Crippen molar-refractivity contribution in [3.8, 4) is 0 Å². The smallest absolute Gasteiger partial charge is 0.150 e. The molecule has 0 aliphatic rings. The van der Waals surface area contributed by atoms with Crippen LogP contribution in [0.15, 0.2) is 24.3 Å². The van der Waals surface area contributed by atoms with E-state index in [1.165, 1.54) is 0 Å². The summed E-state index contributed by atoms with van der Waals surface area (Å²) in [5, 5.41) is 1.53. The molecule has 0 N–H and O–H groups in total. The first-order chi connectivity index (χ1) is 6.76. The minimum atomic E-state index is 0.591. The summed E-state index contributed by atoms with van der Waals surface area (Å²) in [6, 6.07) is 5.29. The molecule has 0 saturated carbocycles. The highest BCUT2D eigenvalue weighted by molar-refractivity contribution is 9.09. The maximum absolute atomic E-state index is 10.6. The van der Waals surface area contributed by atoms with Crippen LogP contribution in [0.2, 0.25) is 5.02 Å². The summed E-state index contributed by atoms with van der Waals surface area (Å²) >= 11 is 9.17. The van der Waals surface area contributed by atoms with Crippen LogP contribution in [0.4, 0.5) is 0 Å². The van der Waals surface area contributed by atoms with Gasteiger partial charge in [-0.25, -0.2) is 0 Å². The topological polar surface area (TPSA) is 17.1 Å². The quantitative estimate of drug-likeness (QED) is 0.600. The largest absolute Gasteiger partial charge is 0.298 e.